The average molecular weight is 573 g/mol. The van der Waals surface area contributed by atoms with Gasteiger partial charge in [0.25, 0.3) is 11.8 Å². The summed E-state index contributed by atoms with van der Waals surface area (Å²) in [6.07, 6.45) is 1.56. The van der Waals surface area contributed by atoms with Gasteiger partial charge in [-0.25, -0.2) is 4.98 Å². The molecule has 6 rings (SSSR count). The number of nitrogens with one attached hydrogen (secondary N) is 2. The maximum atomic E-state index is 13.2. The lowest BCUT2D eigenvalue weighted by Gasteiger charge is -2.33. The number of pyridine rings is 2. The third-order valence-corrected chi connectivity index (χ3v) is 8.40. The van der Waals surface area contributed by atoms with Crippen LogP contribution in [0.4, 0.5) is 11.4 Å². The molecule has 2 aliphatic rings. The second-order valence-corrected chi connectivity index (χ2v) is 11.2. The highest BCUT2D eigenvalue weighted by molar-refractivity contribution is 7.20. The lowest BCUT2D eigenvalue weighted by Crippen LogP contribution is -2.45. The maximum Gasteiger partial charge on any atom is 0.265 e. The van der Waals surface area contributed by atoms with Crippen LogP contribution < -0.4 is 20.1 Å². The van der Waals surface area contributed by atoms with E-state index >= 15 is 0 Å². The molecular formula is C30H32N6O4S. The molecule has 2 aliphatic heterocycles. The first-order valence-electron chi connectivity index (χ1n) is 13.8. The van der Waals surface area contributed by atoms with Crippen molar-refractivity contribution in [1.29, 1.82) is 0 Å². The smallest absolute Gasteiger partial charge is 0.265 e. The summed E-state index contributed by atoms with van der Waals surface area (Å²) < 4.78 is 11.1. The fraction of sp³-hybridized carbons (Fsp3) is 0.333. The Morgan fingerprint density at radius 3 is 2.51 bits per heavy atom. The monoisotopic (exact) mass is 572 g/mol. The molecule has 11 heteroatoms. The summed E-state index contributed by atoms with van der Waals surface area (Å²) in [6, 6.07) is 12.7. The number of hydrogen-bond donors (Lipinski definition) is 2. The highest BCUT2D eigenvalue weighted by atomic mass is 32.1. The summed E-state index contributed by atoms with van der Waals surface area (Å²) in [4.78, 5) is 41.6. The van der Waals surface area contributed by atoms with E-state index in [9.17, 15) is 9.59 Å². The number of aryl methyl sites for hydroxylation is 1. The van der Waals surface area contributed by atoms with Gasteiger partial charge in [0, 0.05) is 43.7 Å². The molecule has 1 aromatic carbocycles. The topological polar surface area (TPSA) is 109 Å². The number of fused-ring (bicyclic) bond motifs is 2. The number of thiophene rings is 1. The fourth-order valence-electron chi connectivity index (χ4n) is 4.95. The van der Waals surface area contributed by atoms with Crippen LogP contribution >= 0.6 is 11.3 Å². The predicted molar refractivity (Wildman–Crippen MR) is 159 cm³/mol. The molecule has 0 unspecified atom stereocenters. The lowest BCUT2D eigenvalue weighted by molar-refractivity contribution is 0.102. The molecule has 0 radical (unpaired) electrons. The van der Waals surface area contributed by atoms with Crippen molar-refractivity contribution in [3.05, 3.63) is 70.5 Å². The molecule has 41 heavy (non-hydrogen) atoms. The molecule has 0 bridgehead atoms. The molecule has 0 atom stereocenters. The molecule has 0 spiro atoms. The highest BCUT2D eigenvalue weighted by Gasteiger charge is 2.19. The van der Waals surface area contributed by atoms with Gasteiger partial charge in [-0.1, -0.05) is 13.0 Å². The molecule has 2 amide bonds. The van der Waals surface area contributed by atoms with Crippen LogP contribution in [0.25, 0.3) is 10.2 Å². The van der Waals surface area contributed by atoms with Crippen LogP contribution in [0, 0.1) is 6.92 Å². The third-order valence-electron chi connectivity index (χ3n) is 7.36. The van der Waals surface area contributed by atoms with Crippen LogP contribution in [0.1, 0.15) is 38.3 Å². The SMILES string of the molecule is CCN1CCN(Cc2ccc3cc(C(=O)Nc4cc(NC(=O)c5ccc6c(c5)OCCO6)cnc4C)sc3n2)CC1. The lowest BCUT2D eigenvalue weighted by atomic mass is 10.1. The quantitative estimate of drug-likeness (QED) is 0.335. The minimum atomic E-state index is -0.316. The van der Waals surface area contributed by atoms with Gasteiger partial charge in [0.15, 0.2) is 11.5 Å². The normalized spacial score (nSPS) is 15.6. The van der Waals surface area contributed by atoms with E-state index in [1.165, 1.54) is 11.3 Å². The number of likely N-dealkylation sites (N-methyl/N-ethyl adjacent to an activating group) is 1. The van der Waals surface area contributed by atoms with E-state index in [2.05, 4.69) is 32.3 Å². The van der Waals surface area contributed by atoms with Crippen LogP contribution in [0.5, 0.6) is 11.5 Å². The second kappa shape index (κ2) is 11.8. The minimum Gasteiger partial charge on any atom is -0.486 e. The second-order valence-electron chi connectivity index (χ2n) is 10.1. The molecule has 1 fully saturated rings. The summed E-state index contributed by atoms with van der Waals surface area (Å²) in [5, 5.41) is 6.74. The Bertz CT molecular complexity index is 1600. The van der Waals surface area contributed by atoms with E-state index in [0.717, 1.165) is 55.2 Å². The van der Waals surface area contributed by atoms with E-state index in [1.54, 1.807) is 37.4 Å². The van der Waals surface area contributed by atoms with Crippen molar-refractivity contribution in [2.45, 2.75) is 20.4 Å². The largest absolute Gasteiger partial charge is 0.486 e. The zero-order chi connectivity index (χ0) is 28.3. The Morgan fingerprint density at radius 1 is 0.927 bits per heavy atom. The first-order chi connectivity index (χ1) is 19.9. The van der Waals surface area contributed by atoms with Crippen molar-refractivity contribution in [1.82, 2.24) is 19.8 Å². The molecule has 3 aromatic heterocycles. The molecule has 5 heterocycles. The Balaban J connectivity index is 1.12. The number of aromatic nitrogens is 2. The summed E-state index contributed by atoms with van der Waals surface area (Å²) in [5.41, 5.74) is 3.07. The zero-order valence-corrected chi connectivity index (χ0v) is 23.9. The zero-order valence-electron chi connectivity index (χ0n) is 23.1. The van der Waals surface area contributed by atoms with Gasteiger partial charge in [-0.05, 0) is 49.9 Å². The summed E-state index contributed by atoms with van der Waals surface area (Å²) >= 11 is 1.37. The molecule has 0 aliphatic carbocycles. The Kier molecular flexibility index (Phi) is 7.82. The number of hydrogen-bond acceptors (Lipinski definition) is 9. The van der Waals surface area contributed by atoms with Crippen molar-refractivity contribution in [3.8, 4) is 11.5 Å². The van der Waals surface area contributed by atoms with Gasteiger partial charge in [0.2, 0.25) is 0 Å². The number of piperazine rings is 1. The van der Waals surface area contributed by atoms with Gasteiger partial charge >= 0.3 is 0 Å². The van der Waals surface area contributed by atoms with Crippen LogP contribution in [-0.4, -0.2) is 77.5 Å². The average Bonchev–Trinajstić information content (AvgIpc) is 3.43. The predicted octanol–water partition coefficient (Wildman–Crippen LogP) is 4.41. The van der Waals surface area contributed by atoms with Gasteiger partial charge in [-0.2, -0.15) is 0 Å². The Hall–Kier alpha value is -4.06. The van der Waals surface area contributed by atoms with Crippen molar-refractivity contribution in [2.75, 3.05) is 56.6 Å². The first kappa shape index (κ1) is 27.1. The summed E-state index contributed by atoms with van der Waals surface area (Å²) in [7, 11) is 0. The van der Waals surface area contributed by atoms with Crippen LogP contribution in [0.2, 0.25) is 0 Å². The number of benzene rings is 1. The van der Waals surface area contributed by atoms with Gasteiger partial charge in [0.1, 0.15) is 18.0 Å². The standard InChI is InChI=1S/C30H32N6O4S/c1-3-35-8-10-36(11-9-35)18-22-6-4-21-15-27(41-30(21)33-22)29(38)34-24-16-23(17-31-19(24)2)32-28(37)20-5-7-25-26(14-20)40-13-12-39-25/h4-7,14-17H,3,8-13,18H2,1-2H3,(H,32,37)(H,34,38). The first-order valence-corrected chi connectivity index (χ1v) is 14.6. The van der Waals surface area contributed by atoms with Crippen molar-refractivity contribution < 1.29 is 19.1 Å². The van der Waals surface area contributed by atoms with E-state index in [0.29, 0.717) is 52.2 Å². The molecule has 4 aromatic rings. The molecule has 1 saturated heterocycles. The number of nitrogens with zero attached hydrogens (tertiary/aromatic N) is 4. The third kappa shape index (κ3) is 6.17. The van der Waals surface area contributed by atoms with E-state index in [1.807, 2.05) is 18.2 Å². The number of ether oxygens (including phenoxy) is 2. The molecule has 2 N–H and O–H groups in total. The number of carbonyl (C=O) groups is 2. The Labute approximate surface area is 242 Å². The van der Waals surface area contributed by atoms with E-state index in [-0.39, 0.29) is 11.8 Å². The molecule has 0 saturated carbocycles. The van der Waals surface area contributed by atoms with Gasteiger partial charge in [0.05, 0.1) is 33.8 Å². The van der Waals surface area contributed by atoms with Gasteiger partial charge in [-0.15, -0.1) is 11.3 Å². The van der Waals surface area contributed by atoms with Crippen LogP contribution in [0.15, 0.2) is 48.7 Å². The summed E-state index contributed by atoms with van der Waals surface area (Å²) in [5.74, 6) is 0.598. The fourth-order valence-corrected chi connectivity index (χ4v) is 5.89. The van der Waals surface area contributed by atoms with Gasteiger partial charge < -0.3 is 25.0 Å². The van der Waals surface area contributed by atoms with E-state index in [4.69, 9.17) is 14.5 Å². The number of amides is 2. The van der Waals surface area contributed by atoms with Gasteiger partial charge in [-0.3, -0.25) is 19.5 Å². The number of rotatable bonds is 7. The minimum absolute atomic E-state index is 0.245. The summed E-state index contributed by atoms with van der Waals surface area (Å²) in [6.45, 7) is 11.1. The van der Waals surface area contributed by atoms with Crippen molar-refractivity contribution >= 4 is 44.7 Å². The Morgan fingerprint density at radius 2 is 1.71 bits per heavy atom. The number of carbonyl (C=O) groups excluding carboxylic acids is 2. The van der Waals surface area contributed by atoms with Crippen molar-refractivity contribution in [2.24, 2.45) is 0 Å². The van der Waals surface area contributed by atoms with Crippen LogP contribution in [-0.2, 0) is 6.54 Å². The van der Waals surface area contributed by atoms with Crippen molar-refractivity contribution in [3.63, 3.8) is 0 Å². The number of anilines is 2. The van der Waals surface area contributed by atoms with Crippen LogP contribution in [0.3, 0.4) is 0 Å². The maximum absolute atomic E-state index is 13.2. The molecule has 212 valence electrons. The molecular weight excluding hydrogens is 540 g/mol. The molecule has 10 nitrogen and oxygen atoms in total. The van der Waals surface area contributed by atoms with E-state index < -0.39 is 0 Å². The highest BCUT2D eigenvalue weighted by Crippen LogP contribution is 2.31.